The fourth-order valence-electron chi connectivity index (χ4n) is 2.19. The number of nitro groups is 1. The molecule has 0 aliphatic heterocycles. The number of hydrogen-bond acceptors (Lipinski definition) is 6. The van der Waals surface area contributed by atoms with Crippen LogP contribution in [0.2, 0.25) is 0 Å². The first-order chi connectivity index (χ1) is 9.87. The van der Waals surface area contributed by atoms with Crippen LogP contribution in [-0.2, 0) is 14.8 Å². The van der Waals surface area contributed by atoms with Crippen molar-refractivity contribution in [3.8, 4) is 0 Å². The lowest BCUT2D eigenvalue weighted by Gasteiger charge is -2.34. The van der Waals surface area contributed by atoms with Crippen LogP contribution in [0.1, 0.15) is 12.8 Å². The highest BCUT2D eigenvalue weighted by molar-refractivity contribution is 7.89. The van der Waals surface area contributed by atoms with Crippen molar-refractivity contribution in [2.75, 3.05) is 19.5 Å². The molecule has 1 aliphatic carbocycles. The lowest BCUT2D eigenvalue weighted by atomic mass is 9.90. The molecule has 21 heavy (non-hydrogen) atoms. The van der Waals surface area contributed by atoms with E-state index in [4.69, 9.17) is 4.74 Å². The highest BCUT2D eigenvalue weighted by atomic mass is 32.2. The van der Waals surface area contributed by atoms with Gasteiger partial charge in [0.1, 0.15) is 4.90 Å². The van der Waals surface area contributed by atoms with E-state index < -0.39 is 14.9 Å². The Morgan fingerprint density at radius 3 is 2.57 bits per heavy atom. The minimum atomic E-state index is -3.82. The van der Waals surface area contributed by atoms with Crippen molar-refractivity contribution in [3.05, 3.63) is 28.3 Å². The predicted octanol–water partition coefficient (Wildman–Crippen LogP) is 1.09. The van der Waals surface area contributed by atoms with Gasteiger partial charge in [-0.25, -0.2) is 13.1 Å². The van der Waals surface area contributed by atoms with Gasteiger partial charge in [-0.05, 0) is 18.9 Å². The van der Waals surface area contributed by atoms with Crippen molar-refractivity contribution in [3.63, 3.8) is 0 Å². The molecule has 0 atom stereocenters. The first-order valence-electron chi connectivity index (χ1n) is 6.38. The van der Waals surface area contributed by atoms with Gasteiger partial charge in [0.2, 0.25) is 10.0 Å². The van der Waals surface area contributed by atoms with E-state index in [9.17, 15) is 18.5 Å². The van der Waals surface area contributed by atoms with Gasteiger partial charge in [-0.1, -0.05) is 0 Å². The third-order valence-electron chi connectivity index (χ3n) is 3.48. The van der Waals surface area contributed by atoms with Crippen LogP contribution in [0.4, 0.5) is 11.4 Å². The van der Waals surface area contributed by atoms with Crippen molar-refractivity contribution in [2.45, 2.75) is 29.9 Å². The SMILES string of the molecule is CNc1ccc([N+](=O)[O-])cc1S(=O)(=O)NC1CC(OC)C1. The number of anilines is 1. The van der Waals surface area contributed by atoms with Gasteiger partial charge in [0.25, 0.3) is 5.69 Å². The number of ether oxygens (including phenoxy) is 1. The number of hydrogen-bond donors (Lipinski definition) is 2. The van der Waals surface area contributed by atoms with Crippen molar-refractivity contribution in [2.24, 2.45) is 0 Å². The molecule has 1 fully saturated rings. The quantitative estimate of drug-likeness (QED) is 0.600. The summed E-state index contributed by atoms with van der Waals surface area (Å²) in [6.45, 7) is 0. The molecule has 0 heterocycles. The Bertz CT molecular complexity index is 640. The molecular weight excluding hydrogens is 298 g/mol. The van der Waals surface area contributed by atoms with Crippen LogP contribution in [0.25, 0.3) is 0 Å². The third-order valence-corrected chi connectivity index (χ3v) is 5.05. The van der Waals surface area contributed by atoms with Crippen LogP contribution in [0.15, 0.2) is 23.1 Å². The fourth-order valence-corrected chi connectivity index (χ4v) is 3.68. The maximum atomic E-state index is 12.4. The summed E-state index contributed by atoms with van der Waals surface area (Å²) in [5.74, 6) is 0. The van der Waals surface area contributed by atoms with Crippen molar-refractivity contribution >= 4 is 21.4 Å². The lowest BCUT2D eigenvalue weighted by molar-refractivity contribution is -0.385. The van der Waals surface area contributed by atoms with Crippen LogP contribution in [0.3, 0.4) is 0 Å². The molecule has 2 N–H and O–H groups in total. The molecule has 9 heteroatoms. The molecule has 116 valence electrons. The van der Waals surface area contributed by atoms with Crippen LogP contribution < -0.4 is 10.0 Å². The number of non-ortho nitro benzene ring substituents is 1. The molecule has 0 amide bonds. The molecule has 1 aromatic carbocycles. The topological polar surface area (TPSA) is 111 Å². The zero-order valence-electron chi connectivity index (χ0n) is 11.7. The largest absolute Gasteiger partial charge is 0.387 e. The number of methoxy groups -OCH3 is 1. The second-order valence-corrected chi connectivity index (χ2v) is 6.52. The Morgan fingerprint density at radius 1 is 1.38 bits per heavy atom. The molecule has 1 aromatic rings. The summed E-state index contributed by atoms with van der Waals surface area (Å²) in [6.07, 6.45) is 1.26. The van der Waals surface area contributed by atoms with Crippen LogP contribution in [0.5, 0.6) is 0 Å². The summed E-state index contributed by atoms with van der Waals surface area (Å²) in [4.78, 5) is 10.1. The van der Waals surface area contributed by atoms with Crippen molar-refractivity contribution < 1.29 is 18.1 Å². The summed E-state index contributed by atoms with van der Waals surface area (Å²) in [5, 5.41) is 13.5. The van der Waals surface area contributed by atoms with E-state index in [1.165, 1.54) is 12.1 Å². The standard InChI is InChI=1S/C12H17N3O5S/c1-13-11-4-3-9(15(16)17)7-12(11)21(18,19)14-8-5-10(6-8)20-2/h3-4,7-8,10,13-14H,5-6H2,1-2H3. The molecule has 0 saturated heterocycles. The van der Waals surface area contributed by atoms with Gasteiger partial charge in [-0.2, -0.15) is 0 Å². The Morgan fingerprint density at radius 2 is 2.05 bits per heavy atom. The van der Waals surface area contributed by atoms with Crippen molar-refractivity contribution in [1.82, 2.24) is 4.72 Å². The van der Waals surface area contributed by atoms with Crippen LogP contribution >= 0.6 is 0 Å². The first kappa shape index (κ1) is 15.7. The van der Waals surface area contributed by atoms with Crippen molar-refractivity contribution in [1.29, 1.82) is 0 Å². The van der Waals surface area contributed by atoms with Crippen LogP contribution in [0, 0.1) is 10.1 Å². The van der Waals surface area contributed by atoms with E-state index in [-0.39, 0.29) is 22.7 Å². The molecule has 0 bridgehead atoms. The normalized spacial score (nSPS) is 21.6. The Labute approximate surface area is 122 Å². The summed E-state index contributed by atoms with van der Waals surface area (Å²) >= 11 is 0. The van der Waals surface area contributed by atoms with Gasteiger partial charge in [-0.15, -0.1) is 0 Å². The van der Waals surface area contributed by atoms with Gasteiger partial charge in [-0.3, -0.25) is 10.1 Å². The molecule has 1 aliphatic rings. The van der Waals surface area contributed by atoms with Gasteiger partial charge >= 0.3 is 0 Å². The smallest absolute Gasteiger partial charge is 0.270 e. The highest BCUT2D eigenvalue weighted by Gasteiger charge is 2.33. The molecule has 8 nitrogen and oxygen atoms in total. The summed E-state index contributed by atoms with van der Waals surface area (Å²) in [6, 6.07) is 3.49. The lowest BCUT2D eigenvalue weighted by Crippen LogP contribution is -2.47. The summed E-state index contributed by atoms with van der Waals surface area (Å²) in [5.41, 5.74) is 0.0495. The number of benzene rings is 1. The van der Waals surface area contributed by atoms with E-state index in [0.29, 0.717) is 18.5 Å². The number of rotatable bonds is 6. The molecule has 0 aromatic heterocycles. The molecule has 0 unspecified atom stereocenters. The van der Waals surface area contributed by atoms with E-state index >= 15 is 0 Å². The second kappa shape index (κ2) is 5.96. The molecule has 2 rings (SSSR count). The van der Waals surface area contributed by atoms with E-state index in [2.05, 4.69) is 10.0 Å². The Hall–Kier alpha value is -1.71. The maximum Gasteiger partial charge on any atom is 0.270 e. The summed E-state index contributed by atoms with van der Waals surface area (Å²) < 4.78 is 32.4. The average molecular weight is 315 g/mol. The summed E-state index contributed by atoms with van der Waals surface area (Å²) in [7, 11) is -0.685. The molecule has 1 saturated carbocycles. The Balaban J connectivity index is 2.26. The number of nitro benzene ring substituents is 1. The van der Waals surface area contributed by atoms with Gasteiger partial charge in [0.15, 0.2) is 0 Å². The molecule has 0 spiro atoms. The zero-order chi connectivity index (χ0) is 15.6. The molecule has 0 radical (unpaired) electrons. The van der Waals surface area contributed by atoms with Gasteiger partial charge < -0.3 is 10.1 Å². The highest BCUT2D eigenvalue weighted by Crippen LogP contribution is 2.29. The maximum absolute atomic E-state index is 12.4. The van der Waals surface area contributed by atoms with Gasteiger partial charge in [0, 0.05) is 32.3 Å². The van der Waals surface area contributed by atoms with E-state index in [1.807, 2.05) is 0 Å². The second-order valence-electron chi connectivity index (χ2n) is 4.83. The predicted molar refractivity (Wildman–Crippen MR) is 76.8 cm³/mol. The first-order valence-corrected chi connectivity index (χ1v) is 7.87. The average Bonchev–Trinajstić information content (AvgIpc) is 2.41. The van der Waals surface area contributed by atoms with Gasteiger partial charge in [0.05, 0.1) is 16.7 Å². The zero-order valence-corrected chi connectivity index (χ0v) is 12.5. The minimum Gasteiger partial charge on any atom is -0.387 e. The number of sulfonamides is 1. The minimum absolute atomic E-state index is 0.0616. The number of nitrogens with one attached hydrogen (secondary N) is 2. The fraction of sp³-hybridized carbons (Fsp3) is 0.500. The monoisotopic (exact) mass is 315 g/mol. The van der Waals surface area contributed by atoms with E-state index in [1.54, 1.807) is 14.2 Å². The Kier molecular flexibility index (Phi) is 4.45. The number of nitrogens with zero attached hydrogens (tertiary/aromatic N) is 1. The van der Waals surface area contributed by atoms with E-state index in [0.717, 1.165) is 6.07 Å². The third kappa shape index (κ3) is 3.31. The van der Waals surface area contributed by atoms with Crippen LogP contribution in [-0.4, -0.2) is 39.6 Å². The molecular formula is C12H17N3O5S.